The van der Waals surface area contributed by atoms with Crippen molar-refractivity contribution in [1.82, 2.24) is 0 Å². The summed E-state index contributed by atoms with van der Waals surface area (Å²) in [5.74, 6) is -0.382. The van der Waals surface area contributed by atoms with Gasteiger partial charge in [0.15, 0.2) is 5.75 Å². The van der Waals surface area contributed by atoms with Crippen molar-refractivity contribution in [2.45, 2.75) is 13.8 Å². The number of halogens is 1. The van der Waals surface area contributed by atoms with Crippen molar-refractivity contribution in [3.63, 3.8) is 0 Å². The van der Waals surface area contributed by atoms with Crippen LogP contribution in [0, 0.1) is 13.8 Å². The molecule has 0 amide bonds. The van der Waals surface area contributed by atoms with Gasteiger partial charge in [0.1, 0.15) is 0 Å². The fourth-order valence-corrected chi connectivity index (χ4v) is 1.13. The van der Waals surface area contributed by atoms with Crippen molar-refractivity contribution in [2.75, 3.05) is 0 Å². The molecule has 64 valence electrons. The number of aromatic hydroxyl groups is 1. The number of hydrogen-bond donors (Lipinski definition) is 1. The van der Waals surface area contributed by atoms with Crippen molar-refractivity contribution in [2.24, 2.45) is 0 Å². The minimum Gasteiger partial charge on any atom is -0.503 e. The lowest BCUT2D eigenvalue weighted by Crippen LogP contribution is -1.94. The largest absolute Gasteiger partial charge is 0.503 e. The fraction of sp³-hybridized carbons (Fsp3) is 0.222. The summed E-state index contributed by atoms with van der Waals surface area (Å²) in [5, 5.41) is 9.27. The standard InChI is InChI=1S/C9H9ClO2/c1-5-3-7(10)9(12)8(11)4-6(5)2/h3-4H,1-2H3,(H,11,12). The van der Waals surface area contributed by atoms with Gasteiger partial charge in [-0.05, 0) is 37.1 Å². The van der Waals surface area contributed by atoms with Crippen LogP contribution in [-0.2, 0) is 0 Å². The van der Waals surface area contributed by atoms with E-state index in [1.807, 2.05) is 6.92 Å². The lowest BCUT2D eigenvalue weighted by Gasteiger charge is -1.88. The average Bonchev–Trinajstić information content (AvgIpc) is 2.07. The van der Waals surface area contributed by atoms with E-state index in [1.54, 1.807) is 13.0 Å². The van der Waals surface area contributed by atoms with Crippen LogP contribution in [0.2, 0.25) is 5.02 Å². The van der Waals surface area contributed by atoms with Crippen molar-refractivity contribution in [1.29, 1.82) is 0 Å². The van der Waals surface area contributed by atoms with Crippen molar-refractivity contribution < 1.29 is 5.11 Å². The number of hydrogen-bond acceptors (Lipinski definition) is 2. The highest BCUT2D eigenvalue weighted by atomic mass is 35.5. The normalized spacial score (nSPS) is 9.92. The van der Waals surface area contributed by atoms with E-state index in [1.165, 1.54) is 6.07 Å². The average molecular weight is 185 g/mol. The summed E-state index contributed by atoms with van der Waals surface area (Å²) in [6.07, 6.45) is 0. The van der Waals surface area contributed by atoms with E-state index in [0.717, 1.165) is 11.1 Å². The summed E-state index contributed by atoms with van der Waals surface area (Å²) >= 11 is 5.63. The van der Waals surface area contributed by atoms with Gasteiger partial charge in [-0.15, -0.1) is 0 Å². The number of aryl methyl sites for hydroxylation is 2. The van der Waals surface area contributed by atoms with Gasteiger partial charge >= 0.3 is 0 Å². The zero-order chi connectivity index (χ0) is 9.30. The van der Waals surface area contributed by atoms with E-state index in [0.29, 0.717) is 0 Å². The summed E-state index contributed by atoms with van der Waals surface area (Å²) in [7, 11) is 0. The first-order valence-corrected chi connectivity index (χ1v) is 3.90. The molecule has 0 fully saturated rings. The van der Waals surface area contributed by atoms with Gasteiger partial charge in [0.2, 0.25) is 5.43 Å². The van der Waals surface area contributed by atoms with Crippen LogP contribution < -0.4 is 5.43 Å². The maximum atomic E-state index is 11.1. The third-order valence-corrected chi connectivity index (χ3v) is 2.06. The maximum absolute atomic E-state index is 11.1. The Balaban J connectivity index is 3.67. The van der Waals surface area contributed by atoms with Gasteiger partial charge in [0.25, 0.3) is 0 Å². The third kappa shape index (κ3) is 1.59. The topological polar surface area (TPSA) is 37.3 Å². The quantitative estimate of drug-likeness (QED) is 0.670. The monoisotopic (exact) mass is 184 g/mol. The zero-order valence-corrected chi connectivity index (χ0v) is 7.64. The molecule has 1 aromatic rings. The van der Waals surface area contributed by atoms with Gasteiger partial charge in [0, 0.05) is 0 Å². The second kappa shape index (κ2) is 3.15. The van der Waals surface area contributed by atoms with E-state index < -0.39 is 5.43 Å². The molecule has 1 rings (SSSR count). The Morgan fingerprint density at radius 3 is 2.33 bits per heavy atom. The first kappa shape index (κ1) is 9.07. The van der Waals surface area contributed by atoms with Crippen LogP contribution in [0.5, 0.6) is 5.75 Å². The summed E-state index contributed by atoms with van der Waals surface area (Å²) < 4.78 is 0. The van der Waals surface area contributed by atoms with Crippen LogP contribution >= 0.6 is 11.6 Å². The first-order valence-electron chi connectivity index (χ1n) is 3.52. The van der Waals surface area contributed by atoms with Crippen molar-refractivity contribution >= 4 is 11.6 Å². The molecule has 0 aromatic heterocycles. The highest BCUT2D eigenvalue weighted by Gasteiger charge is 2.02. The molecule has 0 spiro atoms. The second-order valence-electron chi connectivity index (χ2n) is 2.72. The van der Waals surface area contributed by atoms with Gasteiger partial charge in [0.05, 0.1) is 5.02 Å². The molecule has 12 heavy (non-hydrogen) atoms. The summed E-state index contributed by atoms with van der Waals surface area (Å²) in [5.41, 5.74) is 1.27. The van der Waals surface area contributed by atoms with Crippen LogP contribution in [0.25, 0.3) is 0 Å². The van der Waals surface area contributed by atoms with E-state index in [9.17, 15) is 9.90 Å². The SMILES string of the molecule is Cc1cc(Cl)c(O)c(=O)cc1C. The molecule has 0 saturated heterocycles. The van der Waals surface area contributed by atoms with Gasteiger partial charge in [-0.2, -0.15) is 0 Å². The second-order valence-corrected chi connectivity index (χ2v) is 3.12. The molecule has 0 aliphatic carbocycles. The Morgan fingerprint density at radius 2 is 1.75 bits per heavy atom. The molecule has 3 heteroatoms. The molecule has 0 atom stereocenters. The van der Waals surface area contributed by atoms with Gasteiger partial charge in [-0.3, -0.25) is 4.79 Å². The maximum Gasteiger partial charge on any atom is 0.221 e. The molecule has 0 heterocycles. The number of rotatable bonds is 0. The molecule has 2 nitrogen and oxygen atoms in total. The van der Waals surface area contributed by atoms with E-state index in [-0.39, 0.29) is 10.8 Å². The minimum atomic E-state index is -0.439. The van der Waals surface area contributed by atoms with Crippen LogP contribution in [-0.4, -0.2) is 5.11 Å². The van der Waals surface area contributed by atoms with Crippen LogP contribution in [0.1, 0.15) is 11.1 Å². The van der Waals surface area contributed by atoms with Crippen molar-refractivity contribution in [3.8, 4) is 5.75 Å². The highest BCUT2D eigenvalue weighted by Crippen LogP contribution is 2.19. The van der Waals surface area contributed by atoms with E-state index in [2.05, 4.69) is 0 Å². The Hall–Kier alpha value is -1.02. The summed E-state index contributed by atoms with van der Waals surface area (Å²) in [6, 6.07) is 2.95. The molecule has 1 N–H and O–H groups in total. The smallest absolute Gasteiger partial charge is 0.221 e. The first-order chi connectivity index (χ1) is 5.52. The van der Waals surface area contributed by atoms with E-state index >= 15 is 0 Å². The molecule has 0 unspecified atom stereocenters. The van der Waals surface area contributed by atoms with Gasteiger partial charge in [-0.25, -0.2) is 0 Å². The lowest BCUT2D eigenvalue weighted by atomic mass is 10.2. The van der Waals surface area contributed by atoms with Gasteiger partial charge in [-0.1, -0.05) is 11.6 Å². The van der Waals surface area contributed by atoms with Crippen LogP contribution in [0.3, 0.4) is 0 Å². The molecule has 1 aromatic carbocycles. The highest BCUT2D eigenvalue weighted by molar-refractivity contribution is 6.31. The minimum absolute atomic E-state index is 0.102. The Bertz CT molecular complexity index is 372. The van der Waals surface area contributed by atoms with Crippen LogP contribution in [0.4, 0.5) is 0 Å². The summed E-state index contributed by atoms with van der Waals surface area (Å²) in [6.45, 7) is 3.63. The molecule has 0 bridgehead atoms. The molecule has 0 aliphatic rings. The predicted octanol–water partition coefficient (Wildman–Crippen LogP) is 2.02. The molecule has 0 aliphatic heterocycles. The Morgan fingerprint density at radius 1 is 1.25 bits per heavy atom. The molecule has 0 saturated carbocycles. The Kier molecular flexibility index (Phi) is 2.38. The predicted molar refractivity (Wildman–Crippen MR) is 48.9 cm³/mol. The Labute approximate surface area is 75.4 Å². The van der Waals surface area contributed by atoms with E-state index in [4.69, 9.17) is 11.6 Å². The summed E-state index contributed by atoms with van der Waals surface area (Å²) in [4.78, 5) is 11.1. The third-order valence-electron chi connectivity index (χ3n) is 1.77. The fourth-order valence-electron chi connectivity index (χ4n) is 0.869. The molecule has 0 radical (unpaired) electrons. The molecular formula is C9H9ClO2. The zero-order valence-electron chi connectivity index (χ0n) is 6.89. The van der Waals surface area contributed by atoms with Crippen molar-refractivity contribution in [3.05, 3.63) is 38.5 Å². The lowest BCUT2D eigenvalue weighted by molar-refractivity contribution is 0.471. The molecular weight excluding hydrogens is 176 g/mol. The van der Waals surface area contributed by atoms with Crippen LogP contribution in [0.15, 0.2) is 16.9 Å². The van der Waals surface area contributed by atoms with Gasteiger partial charge < -0.3 is 5.11 Å².